The van der Waals surface area contributed by atoms with E-state index in [9.17, 15) is 9.59 Å². The number of urea groups is 1. The van der Waals surface area contributed by atoms with Gasteiger partial charge in [0, 0.05) is 19.1 Å². The summed E-state index contributed by atoms with van der Waals surface area (Å²) in [5.74, 6) is -1.37. The number of nitrogens with one attached hydrogen (secondary N) is 1. The molecule has 0 aliphatic heterocycles. The highest BCUT2D eigenvalue weighted by Gasteiger charge is 2.34. The van der Waals surface area contributed by atoms with Crippen molar-refractivity contribution in [1.82, 2.24) is 10.2 Å². The molecule has 3 N–H and O–H groups in total. The van der Waals surface area contributed by atoms with Gasteiger partial charge in [0.05, 0.1) is 12.5 Å². The molecule has 1 rings (SSSR count). The number of aliphatic carboxylic acids is 1. The molecule has 2 amide bonds. The monoisotopic (exact) mass is 256 g/mol. The topological polar surface area (TPSA) is 89.9 Å². The molecular formula is C12H20N2O4. The summed E-state index contributed by atoms with van der Waals surface area (Å²) in [6, 6.07) is -0.664. The molecule has 0 saturated heterocycles. The number of carboxylic acids is 1. The third kappa shape index (κ3) is 3.73. The minimum atomic E-state index is -0.866. The number of hydrogen-bond donors (Lipinski definition) is 3. The highest BCUT2D eigenvalue weighted by molar-refractivity contribution is 5.77. The smallest absolute Gasteiger partial charge is 0.317 e. The van der Waals surface area contributed by atoms with Gasteiger partial charge in [0.15, 0.2) is 0 Å². The SMILES string of the molecule is C=CCN(CCO)C(=O)NC1CCCC1C(=O)O. The van der Waals surface area contributed by atoms with E-state index in [0.717, 1.165) is 6.42 Å². The first-order chi connectivity index (χ1) is 8.60. The van der Waals surface area contributed by atoms with E-state index in [1.54, 1.807) is 6.08 Å². The predicted molar refractivity (Wildman–Crippen MR) is 66.2 cm³/mol. The van der Waals surface area contributed by atoms with Crippen LogP contribution in [0, 0.1) is 5.92 Å². The minimum absolute atomic E-state index is 0.131. The molecule has 0 radical (unpaired) electrons. The number of aliphatic hydroxyl groups excluding tert-OH is 1. The zero-order chi connectivity index (χ0) is 13.5. The van der Waals surface area contributed by atoms with E-state index < -0.39 is 11.9 Å². The van der Waals surface area contributed by atoms with Gasteiger partial charge in [-0.15, -0.1) is 6.58 Å². The lowest BCUT2D eigenvalue weighted by molar-refractivity contribution is -0.142. The number of hydrogen-bond acceptors (Lipinski definition) is 3. The lowest BCUT2D eigenvalue weighted by Crippen LogP contribution is -2.48. The van der Waals surface area contributed by atoms with Crippen LogP contribution in [0.3, 0.4) is 0 Å². The molecule has 18 heavy (non-hydrogen) atoms. The molecule has 2 atom stereocenters. The molecule has 0 heterocycles. The first-order valence-electron chi connectivity index (χ1n) is 6.10. The van der Waals surface area contributed by atoms with Crippen molar-refractivity contribution >= 4 is 12.0 Å². The molecule has 0 aromatic rings. The van der Waals surface area contributed by atoms with Crippen molar-refractivity contribution in [2.75, 3.05) is 19.7 Å². The Morgan fingerprint density at radius 1 is 1.44 bits per heavy atom. The number of amides is 2. The summed E-state index contributed by atoms with van der Waals surface area (Å²) < 4.78 is 0. The number of nitrogens with zero attached hydrogens (tertiary/aromatic N) is 1. The molecule has 6 nitrogen and oxygen atoms in total. The van der Waals surface area contributed by atoms with E-state index in [4.69, 9.17) is 10.2 Å². The Labute approximate surface area is 106 Å². The van der Waals surface area contributed by atoms with E-state index in [-0.39, 0.29) is 25.2 Å². The molecule has 2 unspecified atom stereocenters. The fourth-order valence-corrected chi connectivity index (χ4v) is 2.23. The van der Waals surface area contributed by atoms with E-state index in [2.05, 4.69) is 11.9 Å². The third-order valence-corrected chi connectivity index (χ3v) is 3.15. The lowest BCUT2D eigenvalue weighted by Gasteiger charge is -2.24. The number of carbonyl (C=O) groups excluding carboxylic acids is 1. The highest BCUT2D eigenvalue weighted by atomic mass is 16.4. The van der Waals surface area contributed by atoms with Gasteiger partial charge in [-0.3, -0.25) is 4.79 Å². The molecule has 1 aliphatic rings. The van der Waals surface area contributed by atoms with Crippen molar-refractivity contribution in [3.8, 4) is 0 Å². The molecular weight excluding hydrogens is 236 g/mol. The minimum Gasteiger partial charge on any atom is -0.481 e. The zero-order valence-corrected chi connectivity index (χ0v) is 10.3. The van der Waals surface area contributed by atoms with Crippen LogP contribution in [0.4, 0.5) is 4.79 Å². The van der Waals surface area contributed by atoms with Crippen LogP contribution >= 0.6 is 0 Å². The summed E-state index contributed by atoms with van der Waals surface area (Å²) >= 11 is 0. The average Bonchev–Trinajstić information content (AvgIpc) is 2.77. The van der Waals surface area contributed by atoms with E-state index in [0.29, 0.717) is 19.4 Å². The number of aliphatic hydroxyl groups is 1. The van der Waals surface area contributed by atoms with Crippen LogP contribution in [0.25, 0.3) is 0 Å². The van der Waals surface area contributed by atoms with Gasteiger partial charge < -0.3 is 20.4 Å². The first kappa shape index (κ1) is 14.5. The summed E-state index contributed by atoms with van der Waals surface area (Å²) in [6.45, 7) is 3.95. The summed E-state index contributed by atoms with van der Waals surface area (Å²) in [5, 5.41) is 20.6. The van der Waals surface area contributed by atoms with Crippen LogP contribution in [0.2, 0.25) is 0 Å². The van der Waals surface area contributed by atoms with Crippen molar-refractivity contribution < 1.29 is 19.8 Å². The summed E-state index contributed by atoms with van der Waals surface area (Å²) in [6.07, 6.45) is 3.66. The zero-order valence-electron chi connectivity index (χ0n) is 10.3. The van der Waals surface area contributed by atoms with Crippen LogP contribution in [0.1, 0.15) is 19.3 Å². The van der Waals surface area contributed by atoms with Crippen molar-refractivity contribution in [3.05, 3.63) is 12.7 Å². The number of carbonyl (C=O) groups is 2. The van der Waals surface area contributed by atoms with Gasteiger partial charge in [0.25, 0.3) is 0 Å². The predicted octanol–water partition coefficient (Wildman–Crippen LogP) is 0.430. The molecule has 0 aromatic carbocycles. The van der Waals surface area contributed by atoms with Crippen molar-refractivity contribution in [3.63, 3.8) is 0 Å². The maximum absolute atomic E-state index is 11.9. The second kappa shape index (κ2) is 7.00. The second-order valence-corrected chi connectivity index (χ2v) is 4.39. The Balaban J connectivity index is 2.56. The first-order valence-corrected chi connectivity index (χ1v) is 6.10. The summed E-state index contributed by atoms with van der Waals surface area (Å²) in [4.78, 5) is 24.3. The molecule has 1 aliphatic carbocycles. The normalized spacial score (nSPS) is 22.5. The molecule has 0 spiro atoms. The molecule has 102 valence electrons. The Hall–Kier alpha value is -1.56. The van der Waals surface area contributed by atoms with Gasteiger partial charge in [0.1, 0.15) is 0 Å². The fourth-order valence-electron chi connectivity index (χ4n) is 2.23. The Kier molecular flexibility index (Phi) is 5.64. The fraction of sp³-hybridized carbons (Fsp3) is 0.667. The summed E-state index contributed by atoms with van der Waals surface area (Å²) in [7, 11) is 0. The van der Waals surface area contributed by atoms with E-state index in [1.165, 1.54) is 4.90 Å². The van der Waals surface area contributed by atoms with E-state index in [1.807, 2.05) is 0 Å². The van der Waals surface area contributed by atoms with Crippen LogP contribution in [-0.4, -0.2) is 52.9 Å². The van der Waals surface area contributed by atoms with Gasteiger partial charge in [-0.05, 0) is 12.8 Å². The van der Waals surface area contributed by atoms with Crippen molar-refractivity contribution in [2.45, 2.75) is 25.3 Å². The molecule has 1 saturated carbocycles. The largest absolute Gasteiger partial charge is 0.481 e. The maximum atomic E-state index is 11.9. The van der Waals surface area contributed by atoms with Crippen LogP contribution in [-0.2, 0) is 4.79 Å². The van der Waals surface area contributed by atoms with Gasteiger partial charge in [-0.2, -0.15) is 0 Å². The van der Waals surface area contributed by atoms with Crippen molar-refractivity contribution in [1.29, 1.82) is 0 Å². The number of rotatable bonds is 6. The standard InChI is InChI=1S/C12H20N2O4/c1-2-6-14(7-8-15)12(18)13-10-5-3-4-9(10)11(16)17/h2,9-10,15H,1,3-8H2,(H,13,18)(H,16,17). The molecule has 0 aromatic heterocycles. The number of carboxylic acid groups (broad SMARTS) is 1. The van der Waals surface area contributed by atoms with Crippen LogP contribution in [0.15, 0.2) is 12.7 Å². The summed E-state index contributed by atoms with van der Waals surface area (Å²) in [5.41, 5.74) is 0. The molecule has 6 heteroatoms. The average molecular weight is 256 g/mol. The maximum Gasteiger partial charge on any atom is 0.317 e. The Bertz CT molecular complexity index is 319. The Morgan fingerprint density at radius 3 is 2.72 bits per heavy atom. The molecule has 1 fully saturated rings. The van der Waals surface area contributed by atoms with Crippen LogP contribution < -0.4 is 5.32 Å². The van der Waals surface area contributed by atoms with Gasteiger partial charge in [-0.1, -0.05) is 12.5 Å². The van der Waals surface area contributed by atoms with Gasteiger partial charge in [-0.25, -0.2) is 4.79 Å². The molecule has 0 bridgehead atoms. The van der Waals surface area contributed by atoms with Gasteiger partial charge >= 0.3 is 12.0 Å². The van der Waals surface area contributed by atoms with Gasteiger partial charge in [0.2, 0.25) is 0 Å². The van der Waals surface area contributed by atoms with Crippen LogP contribution in [0.5, 0.6) is 0 Å². The Morgan fingerprint density at radius 2 is 2.17 bits per heavy atom. The van der Waals surface area contributed by atoms with Crippen molar-refractivity contribution in [2.24, 2.45) is 5.92 Å². The highest BCUT2D eigenvalue weighted by Crippen LogP contribution is 2.25. The second-order valence-electron chi connectivity index (χ2n) is 4.39. The van der Waals surface area contributed by atoms with E-state index >= 15 is 0 Å². The quantitative estimate of drug-likeness (QED) is 0.601. The lowest BCUT2D eigenvalue weighted by atomic mass is 10.0. The third-order valence-electron chi connectivity index (χ3n) is 3.15.